The van der Waals surface area contributed by atoms with Crippen molar-refractivity contribution in [2.24, 2.45) is 12.0 Å². The number of furan rings is 3. The van der Waals surface area contributed by atoms with E-state index in [1.54, 1.807) is 54.7 Å². The zero-order chi connectivity index (χ0) is 77.2. The molecule has 2 aliphatic rings. The molecule has 552 valence electrons. The summed E-state index contributed by atoms with van der Waals surface area (Å²) < 4.78 is 23.1. The quantitative estimate of drug-likeness (QED) is 0.138. The second-order valence-electron chi connectivity index (χ2n) is 23.0. The molecule has 0 N–H and O–H groups in total. The van der Waals surface area contributed by atoms with Crippen molar-refractivity contribution >= 4 is 49.9 Å². The van der Waals surface area contributed by atoms with Crippen molar-refractivity contribution in [1.82, 2.24) is 24.5 Å². The van der Waals surface area contributed by atoms with Crippen molar-refractivity contribution in [2.75, 3.05) is 0 Å². The highest BCUT2D eigenvalue weighted by Crippen LogP contribution is 2.24. The number of benzene rings is 5. The normalized spacial score (nSPS) is 10.3. The molecule has 14 aromatic rings. The lowest BCUT2D eigenvalue weighted by Crippen LogP contribution is -1.80. The van der Waals surface area contributed by atoms with E-state index in [1.165, 1.54) is 53.9 Å². The van der Waals surface area contributed by atoms with Gasteiger partial charge in [0.15, 0.2) is 6.39 Å². The SMILES string of the molecule is C/C=C/C.C/C=C/C.CC1=CCC=C1.CC1=CCC=N1.Cc1cc2ccccc2o1.Cc1cc2ccccc2s1.Cc1ccccc1.Cc1ccccc1.Cc1ccccc1.Cc1ccccn1.Cc1ccco1.Cc1ccco1.Cc1cccs1.Cc1cnco1.Cc1ncccn1.Cn1cccc1. The molecule has 0 unspecified atom stereocenters. The molecule has 0 saturated heterocycles. The fourth-order valence-electron chi connectivity index (χ4n) is 7.48. The molecule has 0 spiro atoms. The third kappa shape index (κ3) is 55.3. The molecule has 12 heteroatoms. The Morgan fingerprint density at radius 2 is 0.943 bits per heavy atom. The number of nitrogens with zero attached hydrogens (tertiary/aromatic N) is 6. The molecule has 1 aliphatic heterocycles. The van der Waals surface area contributed by atoms with Gasteiger partial charge in [0, 0.05) is 81.9 Å². The predicted molar refractivity (Wildman–Crippen MR) is 455 cm³/mol. The van der Waals surface area contributed by atoms with Crippen LogP contribution in [-0.2, 0) is 7.05 Å². The first kappa shape index (κ1) is 92.0. The standard InChI is InChI=1S/C9H8O.C9H8S.3C7H8.C6H7N.C6H8.C5H6N2.2C5H7N.2C5H6O.C5H6S.C4H5NO.2C4H8/c2*1-7-6-8-4-2-3-5-9(8)10-7;3*1-7-5-3-2-4-6-7;1-6-4-2-3-5-7-6;1-6-4-2-3-5-6;1-5-6-3-2-4-7-5;1-6-4-2-3-5-6;4*1-5-3-2-4-6-5;1-4-2-5-3-6-4;2*1-3-4-2/h2*2-6H,1H3;3*2-6H,1H3;2-5H,1H3;2,4-5H,3H2,1H3;2-4H,1H3;2-5H,1H3;3-4H,2H2,1H3;3*2-4H,1H3;2-3H,1H3;2*3-4H,1-2H3/b;;;;;;;;;;;;;;2*4-3+. The van der Waals surface area contributed by atoms with Crippen LogP contribution in [0.4, 0.5) is 0 Å². The van der Waals surface area contributed by atoms with Gasteiger partial charge in [0.25, 0.3) is 0 Å². The van der Waals surface area contributed by atoms with Crippen LogP contribution >= 0.6 is 22.7 Å². The van der Waals surface area contributed by atoms with Gasteiger partial charge >= 0.3 is 0 Å². The number of pyridine rings is 1. The molecule has 0 atom stereocenters. The number of fused-ring (bicyclic) bond motifs is 2. The summed E-state index contributed by atoms with van der Waals surface area (Å²) in [5.74, 6) is 4.59. The van der Waals surface area contributed by atoms with Crippen LogP contribution in [0.1, 0.15) is 115 Å². The summed E-state index contributed by atoms with van der Waals surface area (Å²) in [7, 11) is 2.00. The number of oxazole rings is 1. The van der Waals surface area contributed by atoms with Crippen molar-refractivity contribution in [2.45, 2.75) is 131 Å². The Kier molecular flexibility index (Phi) is 54.9. The summed E-state index contributed by atoms with van der Waals surface area (Å²) in [5.41, 5.74) is 8.56. The van der Waals surface area contributed by atoms with Crippen LogP contribution in [0.5, 0.6) is 0 Å². The lowest BCUT2D eigenvalue weighted by Gasteiger charge is -1.82. The third-order valence-electron chi connectivity index (χ3n) is 13.2. The Morgan fingerprint density at radius 1 is 0.429 bits per heavy atom. The lowest BCUT2D eigenvalue weighted by molar-refractivity contribution is 0.527. The Morgan fingerprint density at radius 3 is 1.20 bits per heavy atom. The summed E-state index contributed by atoms with van der Waals surface area (Å²) in [6, 6.07) is 74.9. The number of allylic oxidation sites excluding steroid dienone is 10. The average molecular weight is 1440 g/mol. The van der Waals surface area contributed by atoms with Crippen LogP contribution in [0.3, 0.4) is 0 Å². The molecule has 10 heterocycles. The van der Waals surface area contributed by atoms with Gasteiger partial charge in [0.2, 0.25) is 0 Å². The van der Waals surface area contributed by atoms with Crippen LogP contribution in [0.15, 0.2) is 368 Å². The predicted octanol–water partition coefficient (Wildman–Crippen LogP) is 27.8. The van der Waals surface area contributed by atoms with E-state index in [9.17, 15) is 0 Å². The smallest absolute Gasteiger partial charge is 0.180 e. The molecule has 0 amide bonds. The van der Waals surface area contributed by atoms with Crippen LogP contribution < -0.4 is 0 Å². The molecule has 16 rings (SSSR count). The van der Waals surface area contributed by atoms with Gasteiger partial charge in [0.05, 0.1) is 18.7 Å². The van der Waals surface area contributed by atoms with Gasteiger partial charge in [-0.25, -0.2) is 15.0 Å². The van der Waals surface area contributed by atoms with E-state index in [2.05, 4.69) is 175 Å². The molecule has 5 aromatic carbocycles. The molecule has 0 fully saturated rings. The minimum atomic E-state index is 0.822. The first-order valence-electron chi connectivity index (χ1n) is 34.9. The van der Waals surface area contributed by atoms with E-state index in [0.29, 0.717) is 0 Å². The molecular formula is C93H114N6O4S2. The maximum Gasteiger partial charge on any atom is 0.180 e. The van der Waals surface area contributed by atoms with Gasteiger partial charge in [0.1, 0.15) is 34.4 Å². The van der Waals surface area contributed by atoms with E-state index in [-0.39, 0.29) is 0 Å². The first-order valence-corrected chi connectivity index (χ1v) is 36.6. The lowest BCUT2D eigenvalue weighted by atomic mass is 10.2. The highest BCUT2D eigenvalue weighted by molar-refractivity contribution is 7.19. The van der Waals surface area contributed by atoms with Crippen molar-refractivity contribution in [3.63, 3.8) is 0 Å². The fourth-order valence-corrected chi connectivity index (χ4v) is 8.94. The number of para-hydroxylation sites is 1. The Hall–Kier alpha value is -11.1. The zero-order valence-electron chi connectivity index (χ0n) is 65.4. The maximum absolute atomic E-state index is 5.37. The highest BCUT2D eigenvalue weighted by atomic mass is 32.1. The van der Waals surface area contributed by atoms with E-state index < -0.39 is 0 Å². The number of aromatic nitrogens is 5. The number of hydrogen-bond acceptors (Lipinski definition) is 11. The molecule has 9 aromatic heterocycles. The number of hydrogen-bond donors (Lipinski definition) is 0. The highest BCUT2D eigenvalue weighted by Gasteiger charge is 1.96. The number of thiophene rings is 2. The molecule has 0 saturated carbocycles. The van der Waals surface area contributed by atoms with Crippen molar-refractivity contribution in [3.05, 3.63) is 407 Å². The third-order valence-corrected chi connectivity index (χ3v) is 15.0. The van der Waals surface area contributed by atoms with Crippen molar-refractivity contribution in [3.8, 4) is 0 Å². The van der Waals surface area contributed by atoms with Crippen LogP contribution in [0, 0.1) is 76.2 Å². The Bertz CT molecular complexity index is 3750. The Balaban J connectivity index is 0.000000563. The summed E-state index contributed by atoms with van der Waals surface area (Å²) in [6.45, 7) is 34.1. The van der Waals surface area contributed by atoms with Crippen LogP contribution in [-0.4, -0.2) is 30.7 Å². The van der Waals surface area contributed by atoms with Gasteiger partial charge in [-0.1, -0.05) is 210 Å². The zero-order valence-corrected chi connectivity index (χ0v) is 67.0. The maximum atomic E-state index is 5.37. The average Bonchev–Trinajstić information content (AvgIpc) is 1.73. The van der Waals surface area contributed by atoms with Crippen LogP contribution in [0.2, 0.25) is 0 Å². The van der Waals surface area contributed by atoms with Gasteiger partial charge < -0.3 is 22.2 Å². The van der Waals surface area contributed by atoms with Gasteiger partial charge in [-0.3, -0.25) is 9.98 Å². The summed E-state index contributed by atoms with van der Waals surface area (Å²) in [4.78, 5) is 22.1. The first-order chi connectivity index (χ1) is 50.8. The monoisotopic (exact) mass is 1440 g/mol. The van der Waals surface area contributed by atoms with E-state index in [0.717, 1.165) is 58.7 Å². The van der Waals surface area contributed by atoms with Gasteiger partial charge in [-0.05, 0) is 220 Å². The summed E-state index contributed by atoms with van der Waals surface area (Å²) in [5, 5.41) is 4.62. The number of aryl methyl sites for hydroxylation is 12. The molecular weight excluding hydrogens is 1330 g/mol. The minimum Gasteiger partial charge on any atom is -0.470 e. The fraction of sp³-hybridized carbons (Fsp3) is 0.215. The van der Waals surface area contributed by atoms with Crippen LogP contribution in [0.25, 0.3) is 21.1 Å². The minimum absolute atomic E-state index is 0.822. The molecule has 10 nitrogen and oxygen atoms in total. The number of rotatable bonds is 0. The second kappa shape index (κ2) is 62.7. The largest absolute Gasteiger partial charge is 0.470 e. The topological polar surface area (TPSA) is 121 Å². The van der Waals surface area contributed by atoms with E-state index >= 15 is 0 Å². The molecule has 1 aliphatic carbocycles. The molecule has 0 bridgehead atoms. The summed E-state index contributed by atoms with van der Waals surface area (Å²) in [6.07, 6.45) is 36.3. The Labute approximate surface area is 637 Å². The number of aliphatic imine (C=N–C) groups is 1. The summed E-state index contributed by atoms with van der Waals surface area (Å²) >= 11 is 3.63. The molecule has 105 heavy (non-hydrogen) atoms. The van der Waals surface area contributed by atoms with E-state index in [1.807, 2.05) is 282 Å². The second-order valence-corrected chi connectivity index (χ2v) is 25.4. The molecule has 0 radical (unpaired) electrons. The van der Waals surface area contributed by atoms with Gasteiger partial charge in [-0.15, -0.1) is 22.7 Å². The van der Waals surface area contributed by atoms with Gasteiger partial charge in [-0.2, -0.15) is 0 Å². The van der Waals surface area contributed by atoms with E-state index in [4.69, 9.17) is 17.7 Å². The van der Waals surface area contributed by atoms with Crippen molar-refractivity contribution < 1.29 is 17.7 Å². The van der Waals surface area contributed by atoms with Crippen molar-refractivity contribution in [1.29, 1.82) is 0 Å².